The molecule has 0 aliphatic carbocycles. The normalized spacial score (nSPS) is 10.8. The fourth-order valence-corrected chi connectivity index (χ4v) is 3.38. The molecule has 1 amide bonds. The minimum atomic E-state index is -0.256. The van der Waals surface area contributed by atoms with Crippen molar-refractivity contribution in [3.8, 4) is 0 Å². The van der Waals surface area contributed by atoms with E-state index in [9.17, 15) is 9.59 Å². The molecule has 0 fully saturated rings. The van der Waals surface area contributed by atoms with E-state index in [0.717, 1.165) is 10.6 Å². The fraction of sp³-hybridized carbons (Fsp3) is 0.222. The number of rotatable bonds is 6. The molecule has 0 spiro atoms. The van der Waals surface area contributed by atoms with E-state index in [1.807, 2.05) is 13.0 Å². The zero-order valence-corrected chi connectivity index (χ0v) is 15.7. The first kappa shape index (κ1) is 18.4. The molecule has 0 aliphatic rings. The predicted octanol–water partition coefficient (Wildman–Crippen LogP) is 3.59. The molecule has 3 rings (SSSR count). The van der Waals surface area contributed by atoms with E-state index in [0.29, 0.717) is 21.6 Å². The fourth-order valence-electron chi connectivity index (χ4n) is 2.47. The first-order valence-electron chi connectivity index (χ1n) is 8.13. The monoisotopic (exact) mass is 388 g/mol. The predicted molar refractivity (Wildman–Crippen MR) is 105 cm³/mol. The lowest BCUT2D eigenvalue weighted by atomic mass is 10.2. The summed E-state index contributed by atoms with van der Waals surface area (Å²) in [5, 5.41) is 11.8. The van der Waals surface area contributed by atoms with E-state index >= 15 is 0 Å². The van der Waals surface area contributed by atoms with Gasteiger partial charge in [-0.3, -0.25) is 9.59 Å². The summed E-state index contributed by atoms with van der Waals surface area (Å²) in [6.07, 6.45) is 0.107. The van der Waals surface area contributed by atoms with Crippen LogP contribution in [0.2, 0.25) is 5.02 Å². The Morgan fingerprint density at radius 2 is 2.08 bits per heavy atom. The third-order valence-corrected chi connectivity index (χ3v) is 4.89. The summed E-state index contributed by atoms with van der Waals surface area (Å²) < 4.78 is 1.21. The van der Waals surface area contributed by atoms with Gasteiger partial charge in [0.1, 0.15) is 5.52 Å². The molecule has 26 heavy (non-hydrogen) atoms. The summed E-state index contributed by atoms with van der Waals surface area (Å²) in [6, 6.07) is 12.4. The lowest BCUT2D eigenvalue weighted by Gasteiger charge is -2.11. The SMILES string of the molecule is CCSc1ccc(Cl)cc1NC(=O)CCn1nnc2ccccc2c1=O. The number of hydrogen-bond donors (Lipinski definition) is 1. The quantitative estimate of drug-likeness (QED) is 0.653. The van der Waals surface area contributed by atoms with Gasteiger partial charge in [-0.25, -0.2) is 4.68 Å². The second-order valence-electron chi connectivity index (χ2n) is 5.51. The topological polar surface area (TPSA) is 76.9 Å². The van der Waals surface area contributed by atoms with Crippen molar-refractivity contribution >= 4 is 45.9 Å². The number of aromatic nitrogens is 3. The number of carbonyl (C=O) groups excluding carboxylic acids is 1. The van der Waals surface area contributed by atoms with Gasteiger partial charge in [0.15, 0.2) is 0 Å². The minimum absolute atomic E-state index is 0.107. The van der Waals surface area contributed by atoms with Crippen molar-refractivity contribution in [2.24, 2.45) is 0 Å². The van der Waals surface area contributed by atoms with Gasteiger partial charge in [-0.15, -0.1) is 16.9 Å². The van der Waals surface area contributed by atoms with E-state index in [4.69, 9.17) is 11.6 Å². The lowest BCUT2D eigenvalue weighted by Crippen LogP contribution is -2.26. The second kappa shape index (κ2) is 8.33. The highest BCUT2D eigenvalue weighted by Crippen LogP contribution is 2.29. The van der Waals surface area contributed by atoms with Crippen LogP contribution in [0.5, 0.6) is 0 Å². The van der Waals surface area contributed by atoms with E-state index in [2.05, 4.69) is 15.6 Å². The van der Waals surface area contributed by atoms with Crippen molar-refractivity contribution in [3.63, 3.8) is 0 Å². The van der Waals surface area contributed by atoms with Gasteiger partial charge in [0.25, 0.3) is 5.56 Å². The molecule has 0 saturated heterocycles. The first-order valence-corrected chi connectivity index (χ1v) is 9.49. The zero-order valence-electron chi connectivity index (χ0n) is 14.1. The number of hydrogen-bond acceptors (Lipinski definition) is 5. The molecule has 0 unspecified atom stereocenters. The molecule has 0 aliphatic heterocycles. The van der Waals surface area contributed by atoms with Crippen molar-refractivity contribution < 1.29 is 4.79 Å². The smallest absolute Gasteiger partial charge is 0.277 e. The van der Waals surface area contributed by atoms with Crippen LogP contribution in [-0.4, -0.2) is 26.7 Å². The third-order valence-electron chi connectivity index (χ3n) is 3.70. The molecule has 0 bridgehead atoms. The molecule has 8 heteroatoms. The van der Waals surface area contributed by atoms with Gasteiger partial charge in [0.05, 0.1) is 17.6 Å². The Morgan fingerprint density at radius 3 is 2.88 bits per heavy atom. The molecule has 1 N–H and O–H groups in total. The average Bonchev–Trinajstić information content (AvgIpc) is 2.64. The molecule has 6 nitrogen and oxygen atoms in total. The number of carbonyl (C=O) groups is 1. The average molecular weight is 389 g/mol. The highest BCUT2D eigenvalue weighted by Gasteiger charge is 2.10. The van der Waals surface area contributed by atoms with Gasteiger partial charge in [0.2, 0.25) is 5.91 Å². The summed E-state index contributed by atoms with van der Waals surface area (Å²) >= 11 is 7.65. The summed E-state index contributed by atoms with van der Waals surface area (Å²) in [4.78, 5) is 25.6. The summed E-state index contributed by atoms with van der Waals surface area (Å²) in [5.74, 6) is 0.666. The second-order valence-corrected chi connectivity index (χ2v) is 7.25. The Hall–Kier alpha value is -2.38. The number of thioether (sulfide) groups is 1. The third kappa shape index (κ3) is 4.23. The van der Waals surface area contributed by atoms with Gasteiger partial charge in [-0.2, -0.15) is 0 Å². The van der Waals surface area contributed by atoms with Crippen molar-refractivity contribution in [2.75, 3.05) is 11.1 Å². The van der Waals surface area contributed by atoms with E-state index in [1.165, 1.54) is 4.68 Å². The van der Waals surface area contributed by atoms with Crippen LogP contribution >= 0.6 is 23.4 Å². The summed E-state index contributed by atoms with van der Waals surface area (Å²) in [7, 11) is 0. The molecular formula is C18H17ClN4O2S. The highest BCUT2D eigenvalue weighted by atomic mass is 35.5. The van der Waals surface area contributed by atoms with Crippen LogP contribution in [0.25, 0.3) is 10.9 Å². The van der Waals surface area contributed by atoms with Crippen molar-refractivity contribution in [1.29, 1.82) is 0 Å². The number of anilines is 1. The van der Waals surface area contributed by atoms with E-state index in [-0.39, 0.29) is 24.4 Å². The van der Waals surface area contributed by atoms with E-state index in [1.54, 1.807) is 48.2 Å². The van der Waals surface area contributed by atoms with Crippen molar-refractivity contribution in [2.45, 2.75) is 24.8 Å². The molecule has 0 radical (unpaired) electrons. The molecule has 1 aromatic heterocycles. The Bertz CT molecular complexity index is 1010. The van der Waals surface area contributed by atoms with Gasteiger partial charge < -0.3 is 5.32 Å². The Labute approximate surface area is 159 Å². The Morgan fingerprint density at radius 1 is 1.27 bits per heavy atom. The molecular weight excluding hydrogens is 372 g/mol. The van der Waals surface area contributed by atoms with Gasteiger partial charge in [0, 0.05) is 16.3 Å². The summed E-state index contributed by atoms with van der Waals surface area (Å²) in [5.41, 5.74) is 0.957. The molecule has 2 aromatic carbocycles. The van der Waals surface area contributed by atoms with Crippen molar-refractivity contribution in [3.05, 3.63) is 57.8 Å². The standard InChI is InChI=1S/C18H17ClN4O2S/c1-2-26-16-8-7-12(19)11-15(16)20-17(24)9-10-23-18(25)13-5-3-4-6-14(13)21-22-23/h3-8,11H,2,9-10H2,1H3,(H,20,24). The van der Waals surface area contributed by atoms with Crippen LogP contribution in [0.15, 0.2) is 52.2 Å². The molecule has 1 heterocycles. The van der Waals surface area contributed by atoms with Crippen LogP contribution in [0.3, 0.4) is 0 Å². The maximum absolute atomic E-state index is 12.4. The maximum atomic E-state index is 12.4. The largest absolute Gasteiger partial charge is 0.325 e. The van der Waals surface area contributed by atoms with Crippen LogP contribution in [-0.2, 0) is 11.3 Å². The number of halogens is 1. The van der Waals surface area contributed by atoms with Crippen LogP contribution in [0.4, 0.5) is 5.69 Å². The minimum Gasteiger partial charge on any atom is -0.325 e. The number of benzene rings is 2. The number of nitrogens with zero attached hydrogens (tertiary/aromatic N) is 3. The molecule has 134 valence electrons. The molecule has 0 saturated carbocycles. The van der Waals surface area contributed by atoms with Gasteiger partial charge >= 0.3 is 0 Å². The molecule has 0 atom stereocenters. The van der Waals surface area contributed by atoms with Crippen LogP contribution in [0, 0.1) is 0 Å². The van der Waals surface area contributed by atoms with Crippen molar-refractivity contribution in [1.82, 2.24) is 15.0 Å². The first-order chi connectivity index (χ1) is 12.6. The summed E-state index contributed by atoms with van der Waals surface area (Å²) in [6.45, 7) is 2.19. The lowest BCUT2D eigenvalue weighted by molar-refractivity contribution is -0.116. The number of aryl methyl sites for hydroxylation is 1. The van der Waals surface area contributed by atoms with Gasteiger partial charge in [-0.1, -0.05) is 35.9 Å². The Balaban J connectivity index is 1.71. The van der Waals surface area contributed by atoms with Gasteiger partial charge in [-0.05, 0) is 36.1 Å². The zero-order chi connectivity index (χ0) is 18.5. The van der Waals surface area contributed by atoms with E-state index < -0.39 is 0 Å². The number of nitrogens with one attached hydrogen (secondary N) is 1. The molecule has 3 aromatic rings. The Kier molecular flexibility index (Phi) is 5.90. The van der Waals surface area contributed by atoms with Crippen LogP contribution < -0.4 is 10.9 Å². The number of fused-ring (bicyclic) bond motifs is 1. The number of amides is 1. The van der Waals surface area contributed by atoms with Crippen LogP contribution in [0.1, 0.15) is 13.3 Å². The highest BCUT2D eigenvalue weighted by molar-refractivity contribution is 7.99. The maximum Gasteiger partial charge on any atom is 0.277 e.